The summed E-state index contributed by atoms with van der Waals surface area (Å²) in [6.07, 6.45) is 8.04. The number of hydrogen-bond acceptors (Lipinski definition) is 6. The van der Waals surface area contributed by atoms with Crippen molar-refractivity contribution in [3.8, 4) is 11.5 Å². The predicted octanol–water partition coefficient (Wildman–Crippen LogP) is 5.17. The van der Waals surface area contributed by atoms with Gasteiger partial charge in [-0.25, -0.2) is 9.59 Å². The molecule has 0 unspecified atom stereocenters. The maximum absolute atomic E-state index is 12.2. The van der Waals surface area contributed by atoms with Crippen LogP contribution >= 0.6 is 0 Å². The second-order valence-electron chi connectivity index (χ2n) is 6.94. The van der Waals surface area contributed by atoms with Crippen molar-refractivity contribution >= 4 is 18.2 Å². The van der Waals surface area contributed by atoms with E-state index in [0.29, 0.717) is 35.8 Å². The SMILES string of the molecule is C=CC(=O)OCCCCCCCCOc1ccc(C(=O)Oc2ccc(C=O)cc2)cc1. The van der Waals surface area contributed by atoms with Gasteiger partial charge < -0.3 is 14.2 Å². The van der Waals surface area contributed by atoms with Gasteiger partial charge in [0.15, 0.2) is 0 Å². The van der Waals surface area contributed by atoms with E-state index in [2.05, 4.69) is 6.58 Å². The molecular weight excluding hydrogens is 396 g/mol. The van der Waals surface area contributed by atoms with Crippen LogP contribution in [0.15, 0.2) is 61.2 Å². The molecule has 0 aliphatic heterocycles. The van der Waals surface area contributed by atoms with Crippen LogP contribution in [0.3, 0.4) is 0 Å². The minimum absolute atomic E-state index is 0.368. The first kappa shape index (κ1) is 23.9. The molecule has 2 rings (SSSR count). The molecule has 2 aromatic carbocycles. The Kier molecular flexibility index (Phi) is 10.6. The van der Waals surface area contributed by atoms with Crippen LogP contribution in [0.4, 0.5) is 0 Å². The number of ether oxygens (including phenoxy) is 3. The van der Waals surface area contributed by atoms with Crippen LogP contribution in [0.2, 0.25) is 0 Å². The Morgan fingerprint density at radius 1 is 0.774 bits per heavy atom. The number of aldehydes is 1. The van der Waals surface area contributed by atoms with Crippen LogP contribution in [0, 0.1) is 0 Å². The third kappa shape index (κ3) is 9.30. The van der Waals surface area contributed by atoms with E-state index < -0.39 is 5.97 Å². The molecule has 6 heteroatoms. The molecule has 0 fully saturated rings. The lowest BCUT2D eigenvalue weighted by atomic mass is 10.1. The van der Waals surface area contributed by atoms with Gasteiger partial charge in [0, 0.05) is 11.6 Å². The van der Waals surface area contributed by atoms with Crippen molar-refractivity contribution in [1.29, 1.82) is 0 Å². The van der Waals surface area contributed by atoms with E-state index >= 15 is 0 Å². The number of carbonyl (C=O) groups is 3. The Hall–Kier alpha value is -3.41. The molecule has 0 saturated carbocycles. The van der Waals surface area contributed by atoms with Crippen LogP contribution < -0.4 is 9.47 Å². The standard InChI is InChI=1S/C25H28O6/c1-2-24(27)30-18-8-6-4-3-5-7-17-29-22-15-11-21(12-16-22)25(28)31-23-13-9-20(19-26)10-14-23/h2,9-16,19H,1,3-8,17-18H2. The largest absolute Gasteiger partial charge is 0.494 e. The molecule has 0 radical (unpaired) electrons. The maximum Gasteiger partial charge on any atom is 0.343 e. The Labute approximate surface area is 182 Å². The van der Waals surface area contributed by atoms with Gasteiger partial charge in [0.1, 0.15) is 17.8 Å². The quantitative estimate of drug-likeness (QED) is 0.137. The normalized spacial score (nSPS) is 10.2. The van der Waals surface area contributed by atoms with Crippen LogP contribution in [0.1, 0.15) is 59.2 Å². The van der Waals surface area contributed by atoms with Crippen molar-refractivity contribution in [1.82, 2.24) is 0 Å². The average molecular weight is 424 g/mol. The average Bonchev–Trinajstić information content (AvgIpc) is 2.80. The van der Waals surface area contributed by atoms with E-state index in [1.54, 1.807) is 48.5 Å². The summed E-state index contributed by atoms with van der Waals surface area (Å²) in [6, 6.07) is 13.2. The molecule has 0 atom stereocenters. The van der Waals surface area contributed by atoms with Crippen molar-refractivity contribution in [3.05, 3.63) is 72.3 Å². The molecule has 0 heterocycles. The lowest BCUT2D eigenvalue weighted by Crippen LogP contribution is -2.08. The highest BCUT2D eigenvalue weighted by molar-refractivity contribution is 5.91. The first-order valence-corrected chi connectivity index (χ1v) is 10.4. The van der Waals surface area contributed by atoms with Gasteiger partial charge in [-0.2, -0.15) is 0 Å². The van der Waals surface area contributed by atoms with Gasteiger partial charge in [0.05, 0.1) is 18.8 Å². The zero-order chi connectivity index (χ0) is 22.3. The number of hydrogen-bond donors (Lipinski definition) is 0. The molecule has 0 bridgehead atoms. The minimum Gasteiger partial charge on any atom is -0.494 e. The van der Waals surface area contributed by atoms with E-state index in [9.17, 15) is 14.4 Å². The monoisotopic (exact) mass is 424 g/mol. The minimum atomic E-state index is -0.468. The van der Waals surface area contributed by atoms with Gasteiger partial charge in [-0.3, -0.25) is 4.79 Å². The van der Waals surface area contributed by atoms with Gasteiger partial charge in [-0.15, -0.1) is 0 Å². The molecule has 0 spiro atoms. The van der Waals surface area contributed by atoms with E-state index in [1.165, 1.54) is 6.08 Å². The third-order valence-electron chi connectivity index (χ3n) is 4.54. The van der Waals surface area contributed by atoms with Crippen molar-refractivity contribution in [2.45, 2.75) is 38.5 Å². The van der Waals surface area contributed by atoms with Crippen LogP contribution in [0.5, 0.6) is 11.5 Å². The van der Waals surface area contributed by atoms with Gasteiger partial charge in [0.25, 0.3) is 0 Å². The molecule has 0 aliphatic carbocycles. The Morgan fingerprint density at radius 3 is 1.97 bits per heavy atom. The van der Waals surface area contributed by atoms with Crippen LogP contribution in [-0.4, -0.2) is 31.4 Å². The van der Waals surface area contributed by atoms with E-state index in [0.717, 1.165) is 44.8 Å². The number of benzene rings is 2. The number of unbranched alkanes of at least 4 members (excludes halogenated alkanes) is 5. The highest BCUT2D eigenvalue weighted by Crippen LogP contribution is 2.17. The molecule has 0 aliphatic rings. The molecule has 0 saturated heterocycles. The summed E-state index contributed by atoms with van der Waals surface area (Å²) < 4.78 is 15.9. The molecule has 0 N–H and O–H groups in total. The lowest BCUT2D eigenvalue weighted by molar-refractivity contribution is -0.137. The molecule has 164 valence electrons. The third-order valence-corrected chi connectivity index (χ3v) is 4.54. The number of carbonyl (C=O) groups excluding carboxylic acids is 3. The summed E-state index contributed by atoms with van der Waals surface area (Å²) in [4.78, 5) is 33.7. The summed E-state index contributed by atoms with van der Waals surface area (Å²) in [5.74, 6) is 0.252. The second kappa shape index (κ2) is 13.7. The Bertz CT molecular complexity index is 839. The van der Waals surface area contributed by atoms with E-state index in [4.69, 9.17) is 14.2 Å². The van der Waals surface area contributed by atoms with Crippen molar-refractivity contribution in [3.63, 3.8) is 0 Å². The van der Waals surface area contributed by atoms with Crippen LogP contribution in [0.25, 0.3) is 0 Å². The zero-order valence-corrected chi connectivity index (χ0v) is 17.6. The highest BCUT2D eigenvalue weighted by Gasteiger charge is 2.09. The van der Waals surface area contributed by atoms with Crippen molar-refractivity contribution in [2.75, 3.05) is 13.2 Å². The molecule has 6 nitrogen and oxygen atoms in total. The lowest BCUT2D eigenvalue weighted by Gasteiger charge is -2.08. The topological polar surface area (TPSA) is 78.9 Å². The van der Waals surface area contributed by atoms with Gasteiger partial charge in [-0.05, 0) is 61.4 Å². The smallest absolute Gasteiger partial charge is 0.343 e. The summed E-state index contributed by atoms with van der Waals surface area (Å²) in [7, 11) is 0. The zero-order valence-electron chi connectivity index (χ0n) is 17.6. The second-order valence-corrected chi connectivity index (χ2v) is 6.94. The van der Waals surface area contributed by atoms with E-state index in [1.807, 2.05) is 0 Å². The van der Waals surface area contributed by atoms with Gasteiger partial charge in [0.2, 0.25) is 0 Å². The number of esters is 2. The van der Waals surface area contributed by atoms with Gasteiger partial charge in [-0.1, -0.05) is 32.3 Å². The molecule has 0 amide bonds. The van der Waals surface area contributed by atoms with E-state index in [-0.39, 0.29) is 5.97 Å². The summed E-state index contributed by atoms with van der Waals surface area (Å²) in [5.41, 5.74) is 0.943. The summed E-state index contributed by atoms with van der Waals surface area (Å²) in [5, 5.41) is 0. The highest BCUT2D eigenvalue weighted by atomic mass is 16.5. The molecule has 2 aromatic rings. The Balaban J connectivity index is 1.58. The van der Waals surface area contributed by atoms with Gasteiger partial charge >= 0.3 is 11.9 Å². The first-order valence-electron chi connectivity index (χ1n) is 10.4. The van der Waals surface area contributed by atoms with Crippen LogP contribution in [-0.2, 0) is 9.53 Å². The first-order chi connectivity index (χ1) is 15.1. The predicted molar refractivity (Wildman–Crippen MR) is 118 cm³/mol. The maximum atomic E-state index is 12.2. The fraction of sp³-hybridized carbons (Fsp3) is 0.320. The molecule has 31 heavy (non-hydrogen) atoms. The fourth-order valence-corrected chi connectivity index (χ4v) is 2.80. The van der Waals surface area contributed by atoms with Crippen molar-refractivity contribution in [2.24, 2.45) is 0 Å². The fourth-order valence-electron chi connectivity index (χ4n) is 2.80. The Morgan fingerprint density at radius 2 is 1.35 bits per heavy atom. The number of rotatable bonds is 14. The van der Waals surface area contributed by atoms with Crippen molar-refractivity contribution < 1.29 is 28.6 Å². The summed E-state index contributed by atoms with van der Waals surface area (Å²) in [6.45, 7) is 4.42. The molecular formula is C25H28O6. The molecule has 0 aromatic heterocycles. The summed E-state index contributed by atoms with van der Waals surface area (Å²) >= 11 is 0.